The molecule has 0 atom stereocenters. The Morgan fingerprint density at radius 3 is 2.26 bits per heavy atom. The Labute approximate surface area is 137 Å². The Hall–Kier alpha value is -2.49. The molecule has 4 nitrogen and oxygen atoms in total. The molecule has 0 spiro atoms. The molecule has 1 heterocycles. The van der Waals surface area contributed by atoms with Gasteiger partial charge in [0.1, 0.15) is 5.75 Å². The third-order valence-corrected chi connectivity index (χ3v) is 4.62. The van der Waals surface area contributed by atoms with Gasteiger partial charge in [0.05, 0.1) is 0 Å². The van der Waals surface area contributed by atoms with Crippen molar-refractivity contribution in [1.82, 2.24) is 4.90 Å². The second-order valence-electron chi connectivity index (χ2n) is 6.04. The summed E-state index contributed by atoms with van der Waals surface area (Å²) in [5, 5.41) is 9.37. The predicted molar refractivity (Wildman–Crippen MR) is 92.1 cm³/mol. The van der Waals surface area contributed by atoms with Gasteiger partial charge in [0.25, 0.3) is 5.91 Å². The molecule has 0 aliphatic carbocycles. The first-order chi connectivity index (χ1) is 11.1. The molecule has 23 heavy (non-hydrogen) atoms. The van der Waals surface area contributed by atoms with Gasteiger partial charge in [-0.15, -0.1) is 0 Å². The van der Waals surface area contributed by atoms with E-state index in [1.807, 2.05) is 49.1 Å². The van der Waals surface area contributed by atoms with E-state index in [2.05, 4.69) is 4.90 Å². The van der Waals surface area contributed by atoms with Crippen LogP contribution in [0.1, 0.15) is 21.5 Å². The fraction of sp³-hybridized carbons (Fsp3) is 0.316. The van der Waals surface area contributed by atoms with Crippen molar-refractivity contribution in [2.45, 2.75) is 13.8 Å². The average molecular weight is 310 g/mol. The maximum Gasteiger partial charge on any atom is 0.254 e. The van der Waals surface area contributed by atoms with Gasteiger partial charge in [0.15, 0.2) is 0 Å². The van der Waals surface area contributed by atoms with Crippen LogP contribution in [0.2, 0.25) is 0 Å². The molecule has 3 rings (SSSR count). The number of carbonyl (C=O) groups is 1. The number of benzene rings is 2. The maximum atomic E-state index is 12.7. The van der Waals surface area contributed by atoms with Gasteiger partial charge in [0.2, 0.25) is 0 Å². The zero-order valence-electron chi connectivity index (χ0n) is 13.6. The van der Waals surface area contributed by atoms with Crippen LogP contribution in [0.15, 0.2) is 42.5 Å². The lowest BCUT2D eigenvalue weighted by Gasteiger charge is -2.36. The van der Waals surface area contributed by atoms with E-state index in [-0.39, 0.29) is 11.7 Å². The summed E-state index contributed by atoms with van der Waals surface area (Å²) in [7, 11) is 0. The minimum Gasteiger partial charge on any atom is -0.508 e. The van der Waals surface area contributed by atoms with Crippen LogP contribution in [0.3, 0.4) is 0 Å². The molecular weight excluding hydrogens is 288 g/mol. The number of aromatic hydroxyl groups is 1. The molecule has 0 saturated carbocycles. The lowest BCUT2D eigenvalue weighted by molar-refractivity contribution is 0.0746. The number of anilines is 1. The van der Waals surface area contributed by atoms with Gasteiger partial charge in [-0.3, -0.25) is 4.79 Å². The Morgan fingerprint density at radius 2 is 1.61 bits per heavy atom. The maximum absolute atomic E-state index is 12.7. The summed E-state index contributed by atoms with van der Waals surface area (Å²) in [5.41, 5.74) is 4.11. The highest BCUT2D eigenvalue weighted by Crippen LogP contribution is 2.21. The van der Waals surface area contributed by atoms with Gasteiger partial charge in [-0.1, -0.05) is 12.1 Å². The fourth-order valence-electron chi connectivity index (χ4n) is 2.98. The first kappa shape index (κ1) is 15.4. The van der Waals surface area contributed by atoms with Gasteiger partial charge < -0.3 is 14.9 Å². The number of aryl methyl sites for hydroxylation is 1. The SMILES string of the molecule is Cc1cccc(C(=O)N2CCN(c3ccc(O)cc3)CC2)c1C. The quantitative estimate of drug-likeness (QED) is 0.927. The van der Waals surface area contributed by atoms with E-state index >= 15 is 0 Å². The third kappa shape index (κ3) is 3.16. The summed E-state index contributed by atoms with van der Waals surface area (Å²) >= 11 is 0. The highest BCUT2D eigenvalue weighted by Gasteiger charge is 2.23. The van der Waals surface area contributed by atoms with Crippen LogP contribution in [0, 0.1) is 13.8 Å². The molecule has 1 aliphatic heterocycles. The average Bonchev–Trinajstić information content (AvgIpc) is 2.58. The highest BCUT2D eigenvalue weighted by molar-refractivity contribution is 5.96. The van der Waals surface area contributed by atoms with Gasteiger partial charge >= 0.3 is 0 Å². The van der Waals surface area contributed by atoms with Crippen LogP contribution in [-0.2, 0) is 0 Å². The van der Waals surface area contributed by atoms with E-state index in [1.165, 1.54) is 0 Å². The number of hydrogen-bond acceptors (Lipinski definition) is 3. The standard InChI is InChI=1S/C19H22N2O2/c1-14-4-3-5-18(15(14)2)19(23)21-12-10-20(11-13-21)16-6-8-17(22)9-7-16/h3-9,22H,10-13H2,1-2H3. The smallest absolute Gasteiger partial charge is 0.254 e. The van der Waals surface area contributed by atoms with Crippen LogP contribution in [0.5, 0.6) is 5.75 Å². The number of amides is 1. The molecule has 4 heteroatoms. The van der Waals surface area contributed by atoms with Crippen LogP contribution in [0.4, 0.5) is 5.69 Å². The largest absolute Gasteiger partial charge is 0.508 e. The van der Waals surface area contributed by atoms with Crippen molar-refractivity contribution in [2.24, 2.45) is 0 Å². The summed E-state index contributed by atoms with van der Waals surface area (Å²) in [6.07, 6.45) is 0. The van der Waals surface area contributed by atoms with E-state index in [4.69, 9.17) is 0 Å². The van der Waals surface area contributed by atoms with E-state index in [0.29, 0.717) is 13.1 Å². The number of carbonyl (C=O) groups excluding carboxylic acids is 1. The van der Waals surface area contributed by atoms with Crippen molar-refractivity contribution >= 4 is 11.6 Å². The number of phenolic OH excluding ortho intramolecular Hbond substituents is 1. The van der Waals surface area contributed by atoms with E-state index in [9.17, 15) is 9.90 Å². The summed E-state index contributed by atoms with van der Waals surface area (Å²) < 4.78 is 0. The second-order valence-corrected chi connectivity index (χ2v) is 6.04. The first-order valence-corrected chi connectivity index (χ1v) is 7.96. The zero-order chi connectivity index (χ0) is 16.4. The number of phenols is 1. The monoisotopic (exact) mass is 310 g/mol. The first-order valence-electron chi connectivity index (χ1n) is 7.96. The third-order valence-electron chi connectivity index (χ3n) is 4.62. The molecule has 1 amide bonds. The molecule has 1 fully saturated rings. The Kier molecular flexibility index (Phi) is 4.24. The van der Waals surface area contributed by atoms with Gasteiger partial charge in [0, 0.05) is 37.4 Å². The lowest BCUT2D eigenvalue weighted by Crippen LogP contribution is -2.49. The molecule has 0 radical (unpaired) electrons. The van der Waals surface area contributed by atoms with Crippen molar-refractivity contribution in [1.29, 1.82) is 0 Å². The second kappa shape index (κ2) is 6.32. The molecule has 0 unspecified atom stereocenters. The summed E-state index contributed by atoms with van der Waals surface area (Å²) in [6.45, 7) is 7.09. The van der Waals surface area contributed by atoms with Gasteiger partial charge in [-0.05, 0) is 55.3 Å². The molecule has 1 saturated heterocycles. The van der Waals surface area contributed by atoms with Crippen molar-refractivity contribution in [3.05, 3.63) is 59.2 Å². The number of piperazine rings is 1. The molecule has 0 aromatic heterocycles. The van der Waals surface area contributed by atoms with Crippen LogP contribution >= 0.6 is 0 Å². The zero-order valence-corrected chi connectivity index (χ0v) is 13.6. The van der Waals surface area contributed by atoms with Gasteiger partial charge in [-0.2, -0.15) is 0 Å². The van der Waals surface area contributed by atoms with Crippen LogP contribution in [-0.4, -0.2) is 42.1 Å². The Morgan fingerprint density at radius 1 is 0.957 bits per heavy atom. The molecule has 1 N–H and O–H groups in total. The van der Waals surface area contributed by atoms with E-state index in [1.54, 1.807) is 12.1 Å². The minimum atomic E-state index is 0.122. The summed E-state index contributed by atoms with van der Waals surface area (Å²) in [6, 6.07) is 13.1. The fourth-order valence-corrected chi connectivity index (χ4v) is 2.98. The van der Waals surface area contributed by atoms with Gasteiger partial charge in [-0.25, -0.2) is 0 Å². The molecule has 120 valence electrons. The van der Waals surface area contributed by atoms with Crippen molar-refractivity contribution in [3.8, 4) is 5.75 Å². The van der Waals surface area contributed by atoms with Crippen LogP contribution in [0.25, 0.3) is 0 Å². The number of hydrogen-bond donors (Lipinski definition) is 1. The van der Waals surface area contributed by atoms with Crippen molar-refractivity contribution in [2.75, 3.05) is 31.1 Å². The summed E-state index contributed by atoms with van der Waals surface area (Å²) in [5.74, 6) is 0.397. The molecule has 1 aliphatic rings. The molecule has 2 aromatic carbocycles. The van der Waals surface area contributed by atoms with Crippen LogP contribution < -0.4 is 4.90 Å². The highest BCUT2D eigenvalue weighted by atomic mass is 16.3. The topological polar surface area (TPSA) is 43.8 Å². The van der Waals surface area contributed by atoms with E-state index < -0.39 is 0 Å². The molecule has 2 aromatic rings. The van der Waals surface area contributed by atoms with E-state index in [0.717, 1.165) is 35.5 Å². The Bertz CT molecular complexity index is 702. The predicted octanol–water partition coefficient (Wildman–Crippen LogP) is 2.97. The normalized spacial score (nSPS) is 14.9. The summed E-state index contributed by atoms with van der Waals surface area (Å²) in [4.78, 5) is 16.9. The van der Waals surface area contributed by atoms with Crippen molar-refractivity contribution in [3.63, 3.8) is 0 Å². The molecular formula is C19H22N2O2. The minimum absolute atomic E-state index is 0.122. The lowest BCUT2D eigenvalue weighted by atomic mass is 10.0. The number of nitrogens with zero attached hydrogens (tertiary/aromatic N) is 2. The molecule has 0 bridgehead atoms. The number of rotatable bonds is 2. The van der Waals surface area contributed by atoms with Crippen molar-refractivity contribution < 1.29 is 9.90 Å². The Balaban J connectivity index is 1.68.